The van der Waals surface area contributed by atoms with Crippen LogP contribution in [0.25, 0.3) is 0 Å². The van der Waals surface area contributed by atoms with Crippen LogP contribution in [0.5, 0.6) is 0 Å². The monoisotopic (exact) mass is 392 g/mol. The standard InChI is InChI=1S/C18H11Cl3N2O2/c19-12-8-14(20)17(15(21)9-12)18(25)11-3-1-2-10(6-11)7-13-4-5-16(24)23-22-13/h1-6,8-9H,7H2,(H,23,24). The smallest absolute Gasteiger partial charge is 0.264 e. The molecule has 1 heterocycles. The molecule has 0 aliphatic heterocycles. The Kier molecular flexibility index (Phi) is 5.23. The molecule has 1 aromatic heterocycles. The Balaban J connectivity index is 1.92. The van der Waals surface area contributed by atoms with E-state index in [0.29, 0.717) is 22.7 Å². The minimum Gasteiger partial charge on any atom is -0.288 e. The van der Waals surface area contributed by atoms with Crippen molar-refractivity contribution < 1.29 is 4.79 Å². The molecule has 0 bridgehead atoms. The van der Waals surface area contributed by atoms with Gasteiger partial charge in [0, 0.05) is 23.1 Å². The summed E-state index contributed by atoms with van der Waals surface area (Å²) in [6.07, 6.45) is 0.472. The summed E-state index contributed by atoms with van der Waals surface area (Å²) in [7, 11) is 0. The van der Waals surface area contributed by atoms with Gasteiger partial charge in [-0.05, 0) is 29.8 Å². The van der Waals surface area contributed by atoms with Crippen molar-refractivity contribution in [1.82, 2.24) is 10.2 Å². The third kappa shape index (κ3) is 4.10. The van der Waals surface area contributed by atoms with E-state index in [1.54, 1.807) is 24.3 Å². The van der Waals surface area contributed by atoms with E-state index in [2.05, 4.69) is 10.2 Å². The van der Waals surface area contributed by atoms with Gasteiger partial charge in [-0.3, -0.25) is 9.59 Å². The van der Waals surface area contributed by atoms with Gasteiger partial charge in [-0.2, -0.15) is 5.10 Å². The molecular weight excluding hydrogens is 383 g/mol. The molecule has 4 nitrogen and oxygen atoms in total. The van der Waals surface area contributed by atoms with Crippen LogP contribution in [-0.4, -0.2) is 16.0 Å². The van der Waals surface area contributed by atoms with E-state index in [4.69, 9.17) is 34.8 Å². The summed E-state index contributed by atoms with van der Waals surface area (Å²) in [5.41, 5.74) is 1.96. The SMILES string of the molecule is O=C(c1cccc(Cc2ccc(=O)[nH]n2)c1)c1c(Cl)cc(Cl)cc1Cl. The maximum Gasteiger partial charge on any atom is 0.264 e. The first-order valence-corrected chi connectivity index (χ1v) is 8.40. The van der Waals surface area contributed by atoms with E-state index in [9.17, 15) is 9.59 Å². The van der Waals surface area contributed by atoms with Gasteiger partial charge in [0.25, 0.3) is 5.56 Å². The molecule has 0 spiro atoms. The number of halogens is 3. The number of nitrogens with zero attached hydrogens (tertiary/aromatic N) is 1. The average Bonchev–Trinajstić information content (AvgIpc) is 2.56. The molecule has 3 rings (SSSR count). The summed E-state index contributed by atoms with van der Waals surface area (Å²) in [6, 6.07) is 13.1. The quantitative estimate of drug-likeness (QED) is 0.661. The molecule has 0 saturated heterocycles. The van der Waals surface area contributed by atoms with Gasteiger partial charge in [0.15, 0.2) is 5.78 Å². The fourth-order valence-electron chi connectivity index (χ4n) is 2.41. The fraction of sp³-hybridized carbons (Fsp3) is 0.0556. The zero-order valence-corrected chi connectivity index (χ0v) is 15.0. The highest BCUT2D eigenvalue weighted by atomic mass is 35.5. The van der Waals surface area contributed by atoms with Crippen LogP contribution in [0.2, 0.25) is 15.1 Å². The number of carbonyl (C=O) groups is 1. The van der Waals surface area contributed by atoms with Crippen molar-refractivity contribution in [2.45, 2.75) is 6.42 Å². The van der Waals surface area contributed by atoms with E-state index in [1.165, 1.54) is 18.2 Å². The highest BCUT2D eigenvalue weighted by Gasteiger charge is 2.18. The minimum atomic E-state index is -0.289. The Labute approximate surface area is 158 Å². The highest BCUT2D eigenvalue weighted by Crippen LogP contribution is 2.31. The molecule has 0 unspecified atom stereocenters. The van der Waals surface area contributed by atoms with Crippen LogP contribution in [0.3, 0.4) is 0 Å². The summed E-state index contributed by atoms with van der Waals surface area (Å²) in [4.78, 5) is 23.8. The van der Waals surface area contributed by atoms with E-state index < -0.39 is 0 Å². The summed E-state index contributed by atoms with van der Waals surface area (Å²) >= 11 is 18.1. The average molecular weight is 394 g/mol. The van der Waals surface area contributed by atoms with Gasteiger partial charge in [-0.25, -0.2) is 5.10 Å². The largest absolute Gasteiger partial charge is 0.288 e. The third-order valence-electron chi connectivity index (χ3n) is 3.55. The Morgan fingerprint density at radius 3 is 2.36 bits per heavy atom. The number of ketones is 1. The maximum atomic E-state index is 12.8. The number of H-pyrrole nitrogens is 1. The van der Waals surface area contributed by atoms with E-state index in [-0.39, 0.29) is 27.0 Å². The Bertz CT molecular complexity index is 972. The van der Waals surface area contributed by atoms with Gasteiger partial charge in [0.2, 0.25) is 0 Å². The number of rotatable bonds is 4. The second-order valence-corrected chi connectivity index (χ2v) is 6.61. The first-order chi connectivity index (χ1) is 11.9. The molecule has 7 heteroatoms. The van der Waals surface area contributed by atoms with Gasteiger partial charge in [-0.1, -0.05) is 53.0 Å². The molecule has 1 N–H and O–H groups in total. The molecule has 126 valence electrons. The molecule has 0 radical (unpaired) electrons. The van der Waals surface area contributed by atoms with E-state index >= 15 is 0 Å². The number of benzene rings is 2. The van der Waals surface area contributed by atoms with Crippen molar-refractivity contribution in [3.05, 3.63) is 96.3 Å². The minimum absolute atomic E-state index is 0.204. The van der Waals surface area contributed by atoms with Crippen molar-refractivity contribution in [1.29, 1.82) is 0 Å². The summed E-state index contributed by atoms with van der Waals surface area (Å²) in [5, 5.41) is 7.12. The summed E-state index contributed by atoms with van der Waals surface area (Å²) in [6.45, 7) is 0. The van der Waals surface area contributed by atoms with Gasteiger partial charge < -0.3 is 0 Å². The predicted octanol–water partition coefficient (Wildman–Crippen LogP) is 4.55. The molecule has 0 saturated carbocycles. The van der Waals surface area contributed by atoms with Crippen LogP contribution in [0.4, 0.5) is 0 Å². The van der Waals surface area contributed by atoms with Crippen LogP contribution in [0, 0.1) is 0 Å². The second kappa shape index (κ2) is 7.40. The first-order valence-electron chi connectivity index (χ1n) is 7.27. The van der Waals surface area contributed by atoms with Crippen molar-refractivity contribution in [2.75, 3.05) is 0 Å². The summed E-state index contributed by atoms with van der Waals surface area (Å²) < 4.78 is 0. The van der Waals surface area contributed by atoms with Crippen molar-refractivity contribution in [3.8, 4) is 0 Å². The molecule has 0 amide bonds. The predicted molar refractivity (Wildman–Crippen MR) is 99.0 cm³/mol. The Hall–Kier alpha value is -2.14. The lowest BCUT2D eigenvalue weighted by molar-refractivity contribution is 0.103. The normalized spacial score (nSPS) is 10.7. The zero-order valence-electron chi connectivity index (χ0n) is 12.7. The molecule has 0 fully saturated rings. The lowest BCUT2D eigenvalue weighted by atomic mass is 9.99. The Morgan fingerprint density at radius 1 is 1.00 bits per heavy atom. The molecule has 3 aromatic rings. The molecule has 0 atom stereocenters. The van der Waals surface area contributed by atoms with Gasteiger partial charge in [-0.15, -0.1) is 0 Å². The number of carbonyl (C=O) groups excluding carboxylic acids is 1. The molecule has 0 aliphatic carbocycles. The van der Waals surface area contributed by atoms with Gasteiger partial charge >= 0.3 is 0 Å². The van der Waals surface area contributed by atoms with Crippen molar-refractivity contribution >= 4 is 40.6 Å². The number of aromatic amines is 1. The van der Waals surface area contributed by atoms with Crippen LogP contribution in [0.1, 0.15) is 27.2 Å². The zero-order chi connectivity index (χ0) is 18.0. The van der Waals surface area contributed by atoms with Crippen LogP contribution in [-0.2, 0) is 6.42 Å². The molecular formula is C18H11Cl3N2O2. The van der Waals surface area contributed by atoms with Crippen molar-refractivity contribution in [2.24, 2.45) is 0 Å². The van der Waals surface area contributed by atoms with Crippen LogP contribution >= 0.6 is 34.8 Å². The molecule has 2 aromatic carbocycles. The van der Waals surface area contributed by atoms with Crippen LogP contribution < -0.4 is 5.56 Å². The number of hydrogen-bond acceptors (Lipinski definition) is 3. The Morgan fingerprint density at radius 2 is 1.72 bits per heavy atom. The molecule has 25 heavy (non-hydrogen) atoms. The number of aromatic nitrogens is 2. The van der Waals surface area contributed by atoms with Gasteiger partial charge in [0.05, 0.1) is 21.3 Å². The highest BCUT2D eigenvalue weighted by molar-refractivity contribution is 6.43. The van der Waals surface area contributed by atoms with E-state index in [0.717, 1.165) is 5.56 Å². The second-order valence-electron chi connectivity index (χ2n) is 5.36. The maximum absolute atomic E-state index is 12.8. The van der Waals surface area contributed by atoms with Gasteiger partial charge in [0.1, 0.15) is 0 Å². The lowest BCUT2D eigenvalue weighted by Crippen LogP contribution is -2.08. The fourth-order valence-corrected chi connectivity index (χ4v) is 3.40. The molecule has 0 aliphatic rings. The third-order valence-corrected chi connectivity index (χ3v) is 4.36. The van der Waals surface area contributed by atoms with Crippen LogP contribution in [0.15, 0.2) is 53.3 Å². The van der Waals surface area contributed by atoms with Crippen molar-refractivity contribution in [3.63, 3.8) is 0 Å². The van der Waals surface area contributed by atoms with E-state index in [1.807, 2.05) is 6.07 Å². The number of nitrogens with one attached hydrogen (secondary N) is 1. The summed E-state index contributed by atoms with van der Waals surface area (Å²) in [5.74, 6) is -0.289. The first kappa shape index (κ1) is 17.7. The topological polar surface area (TPSA) is 62.8 Å². The lowest BCUT2D eigenvalue weighted by Gasteiger charge is -2.08. The number of hydrogen-bond donors (Lipinski definition) is 1.